The van der Waals surface area contributed by atoms with Gasteiger partial charge in [-0.1, -0.05) is 205 Å². The number of ether oxygens (including phenoxy) is 2. The first kappa shape index (κ1) is 51.7. The van der Waals surface area contributed by atoms with Crippen LogP contribution in [0.25, 0.3) is 61.6 Å². The molecule has 9 rings (SSSR count). The fourth-order valence-corrected chi connectivity index (χ4v) is 8.25. The van der Waals surface area contributed by atoms with Crippen molar-refractivity contribution in [1.29, 1.82) is 0 Å². The van der Waals surface area contributed by atoms with Crippen molar-refractivity contribution >= 4 is 11.6 Å². The number of nitrogens with two attached hydrogens (primary N) is 1. The summed E-state index contributed by atoms with van der Waals surface area (Å²) in [7, 11) is 3.11. The molecule has 7 nitrogen and oxygen atoms in total. The fourth-order valence-electron chi connectivity index (χ4n) is 8.25. The lowest BCUT2D eigenvalue weighted by molar-refractivity contribution is -0.0940. The van der Waals surface area contributed by atoms with Crippen molar-refractivity contribution in [3.63, 3.8) is 0 Å². The predicted octanol–water partition coefficient (Wildman–Crippen LogP) is 15.6. The van der Waals surface area contributed by atoms with Crippen LogP contribution in [-0.2, 0) is 9.47 Å². The highest BCUT2D eigenvalue weighted by Crippen LogP contribution is 2.41. The third kappa shape index (κ3) is 12.9. The van der Waals surface area contributed by atoms with Crippen LogP contribution in [0, 0.1) is 0 Å². The molecule has 0 aliphatic heterocycles. The van der Waals surface area contributed by atoms with Crippen molar-refractivity contribution < 1.29 is 14.3 Å². The number of hydrogen-bond donors (Lipinski definition) is 2. The smallest absolute Gasteiger partial charge is 0.255 e. The Morgan fingerprint density at radius 3 is 1.36 bits per heavy atom. The molecular weight excluding hydrogens is 861 g/mol. The van der Waals surface area contributed by atoms with Crippen LogP contribution in [0.5, 0.6) is 0 Å². The number of imidazole rings is 1. The number of rotatable bonds is 13. The van der Waals surface area contributed by atoms with E-state index in [4.69, 9.17) is 20.2 Å². The molecule has 0 radical (unpaired) electrons. The van der Waals surface area contributed by atoms with Gasteiger partial charge in [0.15, 0.2) is 6.29 Å². The quantitative estimate of drug-likeness (QED) is 0.112. The Morgan fingerprint density at radius 2 is 0.929 bits per heavy atom. The van der Waals surface area contributed by atoms with E-state index in [-0.39, 0.29) is 25.5 Å². The summed E-state index contributed by atoms with van der Waals surface area (Å²) in [4.78, 5) is 17.8. The van der Waals surface area contributed by atoms with E-state index in [1.807, 2.05) is 66.9 Å². The number of amides is 1. The zero-order valence-corrected chi connectivity index (χ0v) is 40.4. The van der Waals surface area contributed by atoms with Crippen molar-refractivity contribution in [2.75, 3.05) is 26.1 Å². The average Bonchev–Trinajstić information content (AvgIpc) is 3.90. The summed E-state index contributed by atoms with van der Waals surface area (Å²) < 4.78 is 11.7. The molecule has 70 heavy (non-hydrogen) atoms. The Bertz CT molecular complexity index is 2970. The zero-order valence-electron chi connectivity index (χ0n) is 40.4. The van der Waals surface area contributed by atoms with E-state index >= 15 is 0 Å². The first-order valence-electron chi connectivity index (χ1n) is 23.5. The highest BCUT2D eigenvalue weighted by Gasteiger charge is 2.21. The number of aromatic nitrogens is 2. The third-order valence-electron chi connectivity index (χ3n) is 11.8. The van der Waals surface area contributed by atoms with Gasteiger partial charge in [0.2, 0.25) is 0 Å². The molecule has 1 aromatic heterocycles. The molecule has 0 spiro atoms. The first-order chi connectivity index (χ1) is 33.7. The van der Waals surface area contributed by atoms with Crippen LogP contribution in [0.2, 0.25) is 0 Å². The normalized spacial score (nSPS) is 10.7. The Morgan fingerprint density at radius 1 is 0.529 bits per heavy atom. The largest absolute Gasteiger partial charge is 0.355 e. The molecule has 0 saturated heterocycles. The Kier molecular flexibility index (Phi) is 18.9. The molecule has 8 aromatic carbocycles. The standard InChI is InChI=1S/C30H26N2.C28H25NO.C4H11NO2.CH4/c1-22(2)27-20-26(23-12-6-3-7-13-23)21-28(24-14-8-4-9-15-24)29(27)32-19-18-31-30(32)25-16-10-5-11-17-25;1-20(2)25-18-24(21-12-6-3-7-13-21)19-26(22-14-8-4-9-15-22)27(25)29-28(30)23-16-10-5-11-17-23;1-6-4(3-5)7-2;/h3-22H,1-2H3;3-20H,1-2H3,(H,29,30);4H,3,5H2,1-2H3;1H4. The number of benzene rings is 8. The van der Waals surface area contributed by atoms with E-state index in [9.17, 15) is 4.79 Å². The number of nitrogens with zero attached hydrogens (tertiary/aromatic N) is 2. The summed E-state index contributed by atoms with van der Waals surface area (Å²) in [6, 6.07) is 70.7. The fraction of sp³-hybridized carbons (Fsp3) is 0.175. The third-order valence-corrected chi connectivity index (χ3v) is 11.8. The Hall–Kier alpha value is -7.68. The Balaban J connectivity index is 0.000000200. The van der Waals surface area contributed by atoms with Gasteiger partial charge < -0.3 is 20.5 Å². The van der Waals surface area contributed by atoms with Gasteiger partial charge in [-0.3, -0.25) is 9.36 Å². The lowest BCUT2D eigenvalue weighted by Crippen LogP contribution is -2.23. The van der Waals surface area contributed by atoms with Crippen molar-refractivity contribution in [3.05, 3.63) is 235 Å². The predicted molar refractivity (Wildman–Crippen MR) is 293 cm³/mol. The molecule has 0 aliphatic rings. The highest BCUT2D eigenvalue weighted by molar-refractivity contribution is 6.07. The summed E-state index contributed by atoms with van der Waals surface area (Å²) in [6.07, 6.45) is 3.74. The summed E-state index contributed by atoms with van der Waals surface area (Å²) >= 11 is 0. The van der Waals surface area contributed by atoms with Crippen molar-refractivity contribution in [2.45, 2.75) is 53.2 Å². The Labute approximate surface area is 415 Å². The van der Waals surface area contributed by atoms with Crippen LogP contribution in [0.4, 0.5) is 5.69 Å². The van der Waals surface area contributed by atoms with Gasteiger partial charge in [-0.05, 0) is 92.7 Å². The summed E-state index contributed by atoms with van der Waals surface area (Å²) in [5.41, 5.74) is 20.7. The molecule has 0 bridgehead atoms. The van der Waals surface area contributed by atoms with Gasteiger partial charge in [0, 0.05) is 55.4 Å². The van der Waals surface area contributed by atoms with Crippen LogP contribution in [-0.4, -0.2) is 42.5 Å². The van der Waals surface area contributed by atoms with Crippen LogP contribution < -0.4 is 11.1 Å². The molecular formula is C63H66N4O3. The van der Waals surface area contributed by atoms with E-state index in [2.05, 4.69) is 189 Å². The maximum absolute atomic E-state index is 13.0. The SMILES string of the molecule is C.CC(C)c1cc(-c2ccccc2)cc(-c2ccccc2)c1-n1ccnc1-c1ccccc1.CC(C)c1cc(-c2ccccc2)cc(-c2ccccc2)c1NC(=O)c1ccccc1.COC(CN)OC. The van der Waals surface area contributed by atoms with Gasteiger partial charge >= 0.3 is 0 Å². The second-order valence-corrected chi connectivity index (χ2v) is 17.2. The number of nitrogens with one attached hydrogen (secondary N) is 1. The average molecular weight is 927 g/mol. The van der Waals surface area contributed by atoms with Crippen molar-refractivity contribution in [3.8, 4) is 61.6 Å². The second-order valence-electron chi connectivity index (χ2n) is 17.2. The topological polar surface area (TPSA) is 91.4 Å². The molecule has 1 amide bonds. The minimum atomic E-state index is -0.236. The summed E-state index contributed by atoms with van der Waals surface area (Å²) in [5.74, 6) is 1.46. The van der Waals surface area contributed by atoms with Gasteiger partial charge in [-0.2, -0.15) is 0 Å². The number of carbonyl (C=O) groups excluding carboxylic acids is 1. The molecule has 0 atom stereocenters. The zero-order chi connectivity index (χ0) is 48.5. The number of carbonyl (C=O) groups is 1. The van der Waals surface area contributed by atoms with E-state index in [0.717, 1.165) is 44.9 Å². The molecule has 9 aromatic rings. The molecule has 3 N–H and O–H groups in total. The van der Waals surface area contributed by atoms with Crippen LogP contribution in [0.15, 0.2) is 219 Å². The monoisotopic (exact) mass is 927 g/mol. The van der Waals surface area contributed by atoms with Gasteiger partial charge in [0.1, 0.15) is 5.82 Å². The molecule has 0 fully saturated rings. The number of anilines is 1. The van der Waals surface area contributed by atoms with Gasteiger partial charge in [-0.25, -0.2) is 4.98 Å². The molecule has 356 valence electrons. The molecule has 0 unspecified atom stereocenters. The minimum Gasteiger partial charge on any atom is -0.355 e. The lowest BCUT2D eigenvalue weighted by Gasteiger charge is -2.22. The minimum absolute atomic E-state index is 0. The first-order valence-corrected chi connectivity index (χ1v) is 23.5. The maximum atomic E-state index is 13.0. The summed E-state index contributed by atoms with van der Waals surface area (Å²) in [5, 5.41) is 3.22. The van der Waals surface area contributed by atoms with Gasteiger partial charge in [0.05, 0.1) is 11.4 Å². The molecule has 0 aliphatic carbocycles. The van der Waals surface area contributed by atoms with Crippen LogP contribution >= 0.6 is 0 Å². The van der Waals surface area contributed by atoms with E-state index in [0.29, 0.717) is 18.0 Å². The summed E-state index contributed by atoms with van der Waals surface area (Å²) in [6.45, 7) is 9.27. The molecule has 0 saturated carbocycles. The van der Waals surface area contributed by atoms with Crippen molar-refractivity contribution in [1.82, 2.24) is 9.55 Å². The van der Waals surface area contributed by atoms with E-state index < -0.39 is 0 Å². The van der Waals surface area contributed by atoms with Crippen LogP contribution in [0.3, 0.4) is 0 Å². The number of hydrogen-bond acceptors (Lipinski definition) is 5. The number of methoxy groups -OCH3 is 2. The van der Waals surface area contributed by atoms with Crippen molar-refractivity contribution in [2.24, 2.45) is 5.73 Å². The van der Waals surface area contributed by atoms with E-state index in [1.54, 1.807) is 14.2 Å². The van der Waals surface area contributed by atoms with Gasteiger partial charge in [0.25, 0.3) is 5.91 Å². The van der Waals surface area contributed by atoms with Crippen LogP contribution in [0.1, 0.15) is 68.4 Å². The lowest BCUT2D eigenvalue weighted by atomic mass is 9.89. The van der Waals surface area contributed by atoms with E-state index in [1.165, 1.54) is 33.5 Å². The highest BCUT2D eigenvalue weighted by atomic mass is 16.7. The second kappa shape index (κ2) is 25.6. The maximum Gasteiger partial charge on any atom is 0.255 e. The van der Waals surface area contributed by atoms with Gasteiger partial charge in [-0.15, -0.1) is 0 Å². The molecule has 7 heteroatoms. The molecule has 1 heterocycles.